The Balaban J connectivity index is 2.09. The van der Waals surface area contributed by atoms with E-state index in [9.17, 15) is 0 Å². The summed E-state index contributed by atoms with van der Waals surface area (Å²) >= 11 is 0. The van der Waals surface area contributed by atoms with E-state index < -0.39 is 0 Å². The summed E-state index contributed by atoms with van der Waals surface area (Å²) in [4.78, 5) is 4.40. The van der Waals surface area contributed by atoms with Crippen LogP contribution < -0.4 is 10.1 Å². The Kier molecular flexibility index (Phi) is 6.04. The van der Waals surface area contributed by atoms with Crippen LogP contribution in [0.3, 0.4) is 0 Å². The van der Waals surface area contributed by atoms with Crippen LogP contribution in [0.15, 0.2) is 18.5 Å². The molecule has 1 aliphatic rings. The first-order valence-electron chi connectivity index (χ1n) is 8.41. The first-order chi connectivity index (χ1) is 10.1. The van der Waals surface area contributed by atoms with Crippen LogP contribution in [0.4, 0.5) is 0 Å². The van der Waals surface area contributed by atoms with E-state index in [2.05, 4.69) is 44.1 Å². The van der Waals surface area contributed by atoms with Crippen molar-refractivity contribution in [2.24, 2.45) is 5.92 Å². The molecule has 1 aromatic heterocycles. The van der Waals surface area contributed by atoms with Gasteiger partial charge in [-0.2, -0.15) is 0 Å². The minimum atomic E-state index is 0.201. The lowest BCUT2D eigenvalue weighted by Crippen LogP contribution is -2.33. The van der Waals surface area contributed by atoms with E-state index in [1.807, 2.05) is 12.4 Å². The third-order valence-corrected chi connectivity index (χ3v) is 4.23. The van der Waals surface area contributed by atoms with E-state index in [0.717, 1.165) is 18.2 Å². The van der Waals surface area contributed by atoms with Crippen molar-refractivity contribution >= 4 is 0 Å². The monoisotopic (exact) mass is 290 g/mol. The molecule has 0 aromatic carbocycles. The largest absolute Gasteiger partial charge is 0.489 e. The maximum Gasteiger partial charge on any atom is 0.138 e. The van der Waals surface area contributed by atoms with Crippen LogP contribution in [0.1, 0.15) is 64.9 Å². The molecule has 118 valence electrons. The summed E-state index contributed by atoms with van der Waals surface area (Å²) in [7, 11) is 0. The number of hydrogen-bond acceptors (Lipinski definition) is 3. The number of ether oxygens (including phenoxy) is 1. The number of hydrogen-bond donors (Lipinski definition) is 1. The standard InChI is InChI=1S/C18H30N2O/c1-13(2)20-11-15-7-5-6-8-18(15)16-9-17(12-19-10-16)21-14(3)4/h9-10,12-15,18,20H,5-8,11H2,1-4H3. The van der Waals surface area contributed by atoms with Gasteiger partial charge in [-0.3, -0.25) is 4.98 Å². The van der Waals surface area contributed by atoms with Crippen molar-refractivity contribution in [1.29, 1.82) is 0 Å². The molecule has 0 spiro atoms. The van der Waals surface area contributed by atoms with Gasteiger partial charge in [-0.1, -0.05) is 26.7 Å². The maximum absolute atomic E-state index is 5.80. The molecule has 2 atom stereocenters. The molecule has 2 unspecified atom stereocenters. The molecule has 1 aromatic rings. The van der Waals surface area contributed by atoms with Crippen molar-refractivity contribution in [3.8, 4) is 5.75 Å². The summed E-state index contributed by atoms with van der Waals surface area (Å²) in [6.45, 7) is 9.66. The summed E-state index contributed by atoms with van der Waals surface area (Å²) in [6, 6.07) is 2.76. The van der Waals surface area contributed by atoms with Gasteiger partial charge in [0.2, 0.25) is 0 Å². The van der Waals surface area contributed by atoms with Gasteiger partial charge in [0.05, 0.1) is 12.3 Å². The van der Waals surface area contributed by atoms with Crippen LogP contribution in [0.25, 0.3) is 0 Å². The molecule has 0 aliphatic heterocycles. The molecule has 1 saturated carbocycles. The Labute approximate surface area is 129 Å². The minimum Gasteiger partial charge on any atom is -0.489 e. The zero-order chi connectivity index (χ0) is 15.2. The molecule has 3 nitrogen and oxygen atoms in total. The average Bonchev–Trinajstić information content (AvgIpc) is 2.45. The molecule has 0 radical (unpaired) electrons. The Morgan fingerprint density at radius 2 is 1.95 bits per heavy atom. The zero-order valence-electron chi connectivity index (χ0n) is 13.9. The molecular weight excluding hydrogens is 260 g/mol. The number of nitrogens with zero attached hydrogens (tertiary/aromatic N) is 1. The normalized spacial score (nSPS) is 22.8. The summed E-state index contributed by atoms with van der Waals surface area (Å²) in [6.07, 6.45) is 9.34. The molecular formula is C18H30N2O. The van der Waals surface area contributed by atoms with Gasteiger partial charge in [-0.15, -0.1) is 0 Å². The predicted octanol–water partition coefficient (Wildman–Crippen LogP) is 4.14. The predicted molar refractivity (Wildman–Crippen MR) is 87.8 cm³/mol. The van der Waals surface area contributed by atoms with Crippen LogP contribution in [0.5, 0.6) is 5.75 Å². The molecule has 2 rings (SSSR count). The van der Waals surface area contributed by atoms with E-state index in [4.69, 9.17) is 4.74 Å². The minimum absolute atomic E-state index is 0.201. The molecule has 21 heavy (non-hydrogen) atoms. The fourth-order valence-electron chi connectivity index (χ4n) is 3.25. The molecule has 0 amide bonds. The van der Waals surface area contributed by atoms with Crippen molar-refractivity contribution in [2.75, 3.05) is 6.54 Å². The molecule has 0 saturated heterocycles. The highest BCUT2D eigenvalue weighted by atomic mass is 16.5. The van der Waals surface area contributed by atoms with Crippen LogP contribution in [-0.4, -0.2) is 23.7 Å². The average molecular weight is 290 g/mol. The zero-order valence-corrected chi connectivity index (χ0v) is 13.9. The van der Waals surface area contributed by atoms with Gasteiger partial charge < -0.3 is 10.1 Å². The smallest absolute Gasteiger partial charge is 0.138 e. The lowest BCUT2D eigenvalue weighted by atomic mass is 9.76. The summed E-state index contributed by atoms with van der Waals surface area (Å²) in [5.41, 5.74) is 1.35. The topological polar surface area (TPSA) is 34.2 Å². The summed E-state index contributed by atoms with van der Waals surface area (Å²) < 4.78 is 5.80. The number of rotatable bonds is 6. The Morgan fingerprint density at radius 3 is 2.67 bits per heavy atom. The fourth-order valence-corrected chi connectivity index (χ4v) is 3.25. The van der Waals surface area contributed by atoms with Crippen molar-refractivity contribution < 1.29 is 4.74 Å². The van der Waals surface area contributed by atoms with Gasteiger partial charge in [0.15, 0.2) is 0 Å². The van der Waals surface area contributed by atoms with E-state index >= 15 is 0 Å². The second-order valence-electron chi connectivity index (χ2n) is 6.83. The highest BCUT2D eigenvalue weighted by Crippen LogP contribution is 2.38. The molecule has 1 aliphatic carbocycles. The number of nitrogens with one attached hydrogen (secondary N) is 1. The van der Waals surface area contributed by atoms with Crippen molar-refractivity contribution in [3.05, 3.63) is 24.0 Å². The SMILES string of the molecule is CC(C)NCC1CCCCC1c1cncc(OC(C)C)c1. The van der Waals surface area contributed by atoms with Gasteiger partial charge in [0.25, 0.3) is 0 Å². The van der Waals surface area contributed by atoms with Crippen molar-refractivity contribution in [2.45, 2.75) is 71.4 Å². The van der Waals surface area contributed by atoms with Crippen molar-refractivity contribution in [1.82, 2.24) is 10.3 Å². The van der Waals surface area contributed by atoms with Crippen LogP contribution in [0.2, 0.25) is 0 Å². The van der Waals surface area contributed by atoms with Gasteiger partial charge >= 0.3 is 0 Å². The third-order valence-electron chi connectivity index (χ3n) is 4.23. The molecule has 1 fully saturated rings. The lowest BCUT2D eigenvalue weighted by Gasteiger charge is -2.32. The van der Waals surface area contributed by atoms with Crippen LogP contribution in [-0.2, 0) is 0 Å². The summed E-state index contributed by atoms with van der Waals surface area (Å²) in [5, 5.41) is 3.61. The van der Waals surface area contributed by atoms with E-state index in [1.165, 1.54) is 31.2 Å². The highest BCUT2D eigenvalue weighted by molar-refractivity contribution is 5.27. The molecule has 3 heteroatoms. The van der Waals surface area contributed by atoms with Crippen LogP contribution >= 0.6 is 0 Å². The maximum atomic E-state index is 5.80. The highest BCUT2D eigenvalue weighted by Gasteiger charge is 2.27. The van der Waals surface area contributed by atoms with Crippen LogP contribution in [0, 0.1) is 5.92 Å². The third kappa shape index (κ3) is 4.99. The number of aromatic nitrogens is 1. The van der Waals surface area contributed by atoms with E-state index in [0.29, 0.717) is 12.0 Å². The Bertz CT molecular complexity index is 431. The van der Waals surface area contributed by atoms with Crippen molar-refractivity contribution in [3.63, 3.8) is 0 Å². The van der Waals surface area contributed by atoms with Gasteiger partial charge in [0.1, 0.15) is 5.75 Å². The first kappa shape index (κ1) is 16.3. The van der Waals surface area contributed by atoms with Gasteiger partial charge in [0, 0.05) is 12.2 Å². The Hall–Kier alpha value is -1.09. The second-order valence-corrected chi connectivity index (χ2v) is 6.83. The molecule has 1 heterocycles. The van der Waals surface area contributed by atoms with E-state index in [1.54, 1.807) is 0 Å². The second kappa shape index (κ2) is 7.79. The quantitative estimate of drug-likeness (QED) is 0.855. The first-order valence-corrected chi connectivity index (χ1v) is 8.41. The molecule has 1 N–H and O–H groups in total. The number of pyridine rings is 1. The molecule has 0 bridgehead atoms. The van der Waals surface area contributed by atoms with E-state index in [-0.39, 0.29) is 6.10 Å². The Morgan fingerprint density at radius 1 is 1.19 bits per heavy atom. The fraction of sp³-hybridized carbons (Fsp3) is 0.722. The van der Waals surface area contributed by atoms with Gasteiger partial charge in [-0.25, -0.2) is 0 Å². The summed E-state index contributed by atoms with van der Waals surface area (Å²) in [5.74, 6) is 2.24. The van der Waals surface area contributed by atoms with Gasteiger partial charge in [-0.05, 0) is 56.7 Å². The lowest BCUT2D eigenvalue weighted by molar-refractivity contribution is 0.239.